The zero-order valence-electron chi connectivity index (χ0n) is 9.25. The molecule has 3 nitrogen and oxygen atoms in total. The van der Waals surface area contributed by atoms with Crippen LogP contribution in [-0.2, 0) is 0 Å². The summed E-state index contributed by atoms with van der Waals surface area (Å²) in [5.41, 5.74) is 0. The van der Waals surface area contributed by atoms with Crippen molar-refractivity contribution in [2.45, 2.75) is 32.0 Å². The van der Waals surface area contributed by atoms with E-state index in [1.807, 2.05) is 0 Å². The topological polar surface area (TPSA) is 33.5 Å². The van der Waals surface area contributed by atoms with Crippen molar-refractivity contribution in [2.75, 3.05) is 11.4 Å². The highest BCUT2D eigenvalue weighted by molar-refractivity contribution is 5.91. The van der Waals surface area contributed by atoms with Gasteiger partial charge in [0, 0.05) is 19.0 Å². The van der Waals surface area contributed by atoms with Crippen molar-refractivity contribution in [3.8, 4) is 0 Å². The second-order valence-corrected chi connectivity index (χ2v) is 4.17. The number of carbonyl (C=O) groups excluding carboxylic acids is 1. The fourth-order valence-corrected chi connectivity index (χ4v) is 1.64. The van der Waals surface area contributed by atoms with Gasteiger partial charge in [-0.3, -0.25) is 4.79 Å². The highest BCUT2D eigenvalue weighted by Crippen LogP contribution is 2.35. The first-order chi connectivity index (χ1) is 7.87. The van der Waals surface area contributed by atoms with Crippen LogP contribution in [-0.4, -0.2) is 24.5 Å². The van der Waals surface area contributed by atoms with E-state index >= 15 is 0 Å². The number of ketones is 1. The Labute approximate surface area is 96.2 Å². The van der Waals surface area contributed by atoms with Gasteiger partial charge in [-0.25, -0.2) is 0 Å². The Morgan fingerprint density at radius 3 is 2.53 bits per heavy atom. The number of Topliss-reactive ketones (excluding diaryl/α,β-unsaturated/α-hetero) is 1. The van der Waals surface area contributed by atoms with E-state index in [0.717, 1.165) is 12.8 Å². The molecule has 0 atom stereocenters. The number of nitrogens with zero attached hydrogens (tertiary/aromatic N) is 1. The van der Waals surface area contributed by atoms with Crippen LogP contribution in [0.4, 0.5) is 19.1 Å². The molecular weight excluding hydrogens is 235 g/mol. The molecule has 1 aliphatic carbocycles. The summed E-state index contributed by atoms with van der Waals surface area (Å²) in [5.74, 6) is -0.0816. The summed E-state index contributed by atoms with van der Waals surface area (Å²) in [6, 6.07) is 2.70. The van der Waals surface area contributed by atoms with Gasteiger partial charge in [-0.15, -0.1) is 0 Å². The Hall–Kier alpha value is -1.46. The SMILES string of the molecule is CC(=O)c1ccc(N(CC(F)(F)F)C2CC2)o1. The second kappa shape index (κ2) is 4.09. The molecule has 1 saturated carbocycles. The zero-order chi connectivity index (χ0) is 12.6. The third-order valence-electron chi connectivity index (χ3n) is 2.56. The van der Waals surface area contributed by atoms with Gasteiger partial charge < -0.3 is 9.32 Å². The molecule has 1 aromatic heterocycles. The third kappa shape index (κ3) is 3.01. The molecule has 0 saturated heterocycles. The summed E-state index contributed by atoms with van der Waals surface area (Å²) >= 11 is 0. The number of hydrogen-bond acceptors (Lipinski definition) is 3. The molecule has 0 aromatic carbocycles. The van der Waals surface area contributed by atoms with Crippen LogP contribution < -0.4 is 4.90 Å². The molecule has 0 spiro atoms. The Morgan fingerprint density at radius 2 is 2.12 bits per heavy atom. The van der Waals surface area contributed by atoms with Crippen LogP contribution in [0, 0.1) is 0 Å². The molecule has 1 aromatic rings. The number of furan rings is 1. The summed E-state index contributed by atoms with van der Waals surface area (Å²) < 4.78 is 42.3. The predicted octanol–water partition coefficient (Wildman–Crippen LogP) is 3.01. The lowest BCUT2D eigenvalue weighted by Crippen LogP contribution is -2.35. The molecule has 6 heteroatoms. The van der Waals surface area contributed by atoms with Crippen molar-refractivity contribution >= 4 is 11.7 Å². The maximum atomic E-state index is 12.4. The van der Waals surface area contributed by atoms with Crippen molar-refractivity contribution in [1.82, 2.24) is 0 Å². The fraction of sp³-hybridized carbons (Fsp3) is 0.545. The Morgan fingerprint density at radius 1 is 1.47 bits per heavy atom. The van der Waals surface area contributed by atoms with E-state index in [4.69, 9.17) is 4.42 Å². The second-order valence-electron chi connectivity index (χ2n) is 4.17. The smallest absolute Gasteiger partial charge is 0.406 e. The number of halogens is 3. The van der Waals surface area contributed by atoms with Gasteiger partial charge in [0.25, 0.3) is 0 Å². The standard InChI is InChI=1S/C11H12F3NO2/c1-7(16)9-4-5-10(17-9)15(8-2-3-8)6-11(12,13)14/h4-5,8H,2-3,6H2,1H3. The van der Waals surface area contributed by atoms with Crippen LogP contribution in [0.2, 0.25) is 0 Å². The van der Waals surface area contributed by atoms with Gasteiger partial charge in [-0.1, -0.05) is 0 Å². The maximum absolute atomic E-state index is 12.4. The van der Waals surface area contributed by atoms with Crippen LogP contribution in [0.25, 0.3) is 0 Å². The molecule has 0 aliphatic heterocycles. The van der Waals surface area contributed by atoms with Crippen LogP contribution in [0.5, 0.6) is 0 Å². The van der Waals surface area contributed by atoms with E-state index in [1.54, 1.807) is 0 Å². The van der Waals surface area contributed by atoms with E-state index in [0.29, 0.717) is 0 Å². The molecular formula is C11H12F3NO2. The van der Waals surface area contributed by atoms with Crippen molar-refractivity contribution < 1.29 is 22.4 Å². The minimum atomic E-state index is -4.27. The monoisotopic (exact) mass is 247 g/mol. The van der Waals surface area contributed by atoms with E-state index in [1.165, 1.54) is 24.0 Å². The number of alkyl halides is 3. The van der Waals surface area contributed by atoms with Crippen molar-refractivity contribution in [3.05, 3.63) is 17.9 Å². The summed E-state index contributed by atoms with van der Waals surface area (Å²) in [6.45, 7) is 0.274. The van der Waals surface area contributed by atoms with E-state index < -0.39 is 12.7 Å². The summed E-state index contributed by atoms with van der Waals surface area (Å²) in [7, 11) is 0. The molecule has 0 amide bonds. The molecule has 1 heterocycles. The lowest BCUT2D eigenvalue weighted by atomic mass is 10.3. The first-order valence-electron chi connectivity index (χ1n) is 5.31. The number of anilines is 1. The van der Waals surface area contributed by atoms with Gasteiger partial charge in [-0.05, 0) is 18.9 Å². The van der Waals surface area contributed by atoms with Crippen LogP contribution >= 0.6 is 0 Å². The number of carbonyl (C=O) groups is 1. The average Bonchev–Trinajstić information content (AvgIpc) is 2.90. The quantitative estimate of drug-likeness (QED) is 0.767. The molecule has 2 rings (SSSR count). The van der Waals surface area contributed by atoms with Gasteiger partial charge in [0.05, 0.1) is 0 Å². The number of hydrogen-bond donors (Lipinski definition) is 0. The lowest BCUT2D eigenvalue weighted by molar-refractivity contribution is -0.120. The Kier molecular flexibility index (Phi) is 2.89. The average molecular weight is 247 g/mol. The molecule has 17 heavy (non-hydrogen) atoms. The van der Waals surface area contributed by atoms with E-state index in [9.17, 15) is 18.0 Å². The summed E-state index contributed by atoms with van der Waals surface area (Å²) in [5, 5.41) is 0. The third-order valence-corrected chi connectivity index (χ3v) is 2.56. The minimum absolute atomic E-state index is 0.0906. The van der Waals surface area contributed by atoms with Gasteiger partial charge in [-0.2, -0.15) is 13.2 Å². The molecule has 0 bridgehead atoms. The first-order valence-corrected chi connectivity index (χ1v) is 5.31. The normalized spacial score (nSPS) is 16.0. The molecule has 1 fully saturated rings. The van der Waals surface area contributed by atoms with Crippen molar-refractivity contribution in [1.29, 1.82) is 0 Å². The zero-order valence-corrected chi connectivity index (χ0v) is 9.25. The van der Waals surface area contributed by atoms with Crippen molar-refractivity contribution in [2.24, 2.45) is 0 Å². The lowest BCUT2D eigenvalue weighted by Gasteiger charge is -2.22. The van der Waals surface area contributed by atoms with Gasteiger partial charge >= 0.3 is 6.18 Å². The largest absolute Gasteiger partial charge is 0.437 e. The molecule has 0 N–H and O–H groups in total. The summed E-state index contributed by atoms with van der Waals surface area (Å²) in [4.78, 5) is 12.2. The summed E-state index contributed by atoms with van der Waals surface area (Å²) in [6.07, 6.45) is -2.82. The Balaban J connectivity index is 2.17. The van der Waals surface area contributed by atoms with Gasteiger partial charge in [0.1, 0.15) is 6.54 Å². The van der Waals surface area contributed by atoms with Crippen LogP contribution in [0.3, 0.4) is 0 Å². The van der Waals surface area contributed by atoms with Crippen LogP contribution in [0.1, 0.15) is 30.3 Å². The first kappa shape index (κ1) is 12.0. The van der Waals surface area contributed by atoms with Crippen molar-refractivity contribution in [3.63, 3.8) is 0 Å². The minimum Gasteiger partial charge on any atom is -0.437 e. The molecule has 94 valence electrons. The molecule has 0 unspecified atom stereocenters. The van der Waals surface area contributed by atoms with Crippen LogP contribution in [0.15, 0.2) is 16.5 Å². The predicted molar refractivity (Wildman–Crippen MR) is 55.1 cm³/mol. The molecule has 0 radical (unpaired) electrons. The van der Waals surface area contributed by atoms with Gasteiger partial charge in [0.15, 0.2) is 17.4 Å². The highest BCUT2D eigenvalue weighted by atomic mass is 19.4. The number of rotatable bonds is 4. The van der Waals surface area contributed by atoms with E-state index in [-0.39, 0.29) is 23.5 Å². The van der Waals surface area contributed by atoms with E-state index in [2.05, 4.69) is 0 Å². The highest BCUT2D eigenvalue weighted by Gasteiger charge is 2.39. The van der Waals surface area contributed by atoms with Gasteiger partial charge in [0.2, 0.25) is 0 Å². The Bertz CT molecular complexity index is 421. The molecule has 1 aliphatic rings. The fourth-order valence-electron chi connectivity index (χ4n) is 1.64. The maximum Gasteiger partial charge on any atom is 0.406 e.